The number of aliphatic hydroxyl groups excluding tert-OH is 1. The number of likely N-dealkylation sites (N-methyl/N-ethyl adjacent to an activating group) is 1. The molecule has 1 aliphatic carbocycles. The van der Waals surface area contributed by atoms with Crippen molar-refractivity contribution in [1.82, 2.24) is 9.21 Å². The van der Waals surface area contributed by atoms with Crippen LogP contribution in [-0.2, 0) is 14.8 Å². The van der Waals surface area contributed by atoms with Crippen molar-refractivity contribution in [3.05, 3.63) is 23.8 Å². The molecule has 1 aliphatic heterocycles. The van der Waals surface area contributed by atoms with Gasteiger partial charge in [0.1, 0.15) is 16.7 Å². The van der Waals surface area contributed by atoms with E-state index in [4.69, 9.17) is 4.74 Å². The van der Waals surface area contributed by atoms with Crippen molar-refractivity contribution in [3.63, 3.8) is 0 Å². The van der Waals surface area contributed by atoms with E-state index in [1.54, 1.807) is 31.0 Å². The van der Waals surface area contributed by atoms with Crippen molar-refractivity contribution in [3.8, 4) is 17.6 Å². The number of amides is 1. The molecule has 0 unspecified atom stereocenters. The Labute approximate surface area is 204 Å². The molecule has 1 fully saturated rings. The number of carbonyl (C=O) groups is 1. The molecule has 1 aromatic carbocycles. The van der Waals surface area contributed by atoms with Gasteiger partial charge in [0.15, 0.2) is 0 Å². The van der Waals surface area contributed by atoms with Gasteiger partial charge in [-0.3, -0.25) is 4.79 Å². The van der Waals surface area contributed by atoms with Gasteiger partial charge in [-0.05, 0) is 43.9 Å². The molecule has 1 N–H and O–H groups in total. The van der Waals surface area contributed by atoms with Gasteiger partial charge in [-0.2, -0.15) is 4.31 Å². The highest BCUT2D eigenvalue weighted by atomic mass is 32.2. The molecule has 1 amide bonds. The average Bonchev–Trinajstić information content (AvgIpc) is 2.74. The second-order valence-corrected chi connectivity index (χ2v) is 12.0. The highest BCUT2D eigenvalue weighted by Gasteiger charge is 2.39. The minimum absolute atomic E-state index is 0.0621. The van der Waals surface area contributed by atoms with Crippen LogP contribution in [0.3, 0.4) is 0 Å². The maximum absolute atomic E-state index is 13.5. The van der Waals surface area contributed by atoms with Crippen molar-refractivity contribution < 1.29 is 23.1 Å². The lowest BCUT2D eigenvalue weighted by atomic mass is 9.84. The van der Waals surface area contributed by atoms with E-state index in [9.17, 15) is 18.3 Å². The largest absolute Gasteiger partial charge is 0.487 e. The molecule has 1 heterocycles. The lowest BCUT2D eigenvalue weighted by molar-refractivity contribution is -0.138. The molecule has 0 radical (unpaired) electrons. The summed E-state index contributed by atoms with van der Waals surface area (Å²) in [6.07, 6.45) is 3.26. The second kappa shape index (κ2) is 11.1. The molecule has 1 saturated carbocycles. The zero-order valence-electron chi connectivity index (χ0n) is 21.0. The van der Waals surface area contributed by atoms with Crippen LogP contribution in [0.4, 0.5) is 0 Å². The molecule has 7 nitrogen and oxygen atoms in total. The third-order valence-electron chi connectivity index (χ3n) is 6.69. The summed E-state index contributed by atoms with van der Waals surface area (Å²) in [6.45, 7) is 8.07. The summed E-state index contributed by atoms with van der Waals surface area (Å²) in [7, 11) is -2.11. The first-order valence-electron chi connectivity index (χ1n) is 12.2. The third kappa shape index (κ3) is 5.94. The first-order valence-corrected chi connectivity index (χ1v) is 13.7. The molecule has 3 rings (SSSR count). The van der Waals surface area contributed by atoms with E-state index >= 15 is 0 Å². The van der Waals surface area contributed by atoms with Crippen molar-refractivity contribution in [2.75, 3.05) is 26.7 Å². The fraction of sp³-hybridized carbons (Fsp3) is 0.654. The van der Waals surface area contributed by atoms with Gasteiger partial charge in [-0.25, -0.2) is 8.42 Å². The van der Waals surface area contributed by atoms with Gasteiger partial charge in [0.05, 0.1) is 13.2 Å². The van der Waals surface area contributed by atoms with E-state index < -0.39 is 22.2 Å². The van der Waals surface area contributed by atoms with Crippen molar-refractivity contribution in [2.24, 2.45) is 17.8 Å². The van der Waals surface area contributed by atoms with Gasteiger partial charge in [-0.1, -0.05) is 39.0 Å². The lowest BCUT2D eigenvalue weighted by Gasteiger charge is -2.38. The normalized spacial score (nSPS) is 23.4. The second-order valence-electron chi connectivity index (χ2n) is 10.1. The lowest BCUT2D eigenvalue weighted by Crippen LogP contribution is -2.50. The maximum Gasteiger partial charge on any atom is 0.247 e. The van der Waals surface area contributed by atoms with Gasteiger partial charge < -0.3 is 14.7 Å². The monoisotopic (exact) mass is 490 g/mol. The number of nitrogens with zero attached hydrogens (tertiary/aromatic N) is 2. The predicted molar refractivity (Wildman–Crippen MR) is 132 cm³/mol. The summed E-state index contributed by atoms with van der Waals surface area (Å²) >= 11 is 0. The zero-order valence-corrected chi connectivity index (χ0v) is 21.8. The minimum Gasteiger partial charge on any atom is -0.487 e. The summed E-state index contributed by atoms with van der Waals surface area (Å²) in [5.41, 5.74) is 0.683. The standard InChI is InChI=1S/C26H38N2O5S/c1-18(2)8-6-9-21-12-13-25-23(14-21)33-24(16-27(5)26(30)22-10-7-11-22)19(3)15-28(20(4)17-29)34(25,31)32/h12-14,18-20,22,24,29H,7-8,10-11,15-17H2,1-5H3/t19-,20-,24+/m0/s1. The quantitative estimate of drug-likeness (QED) is 0.619. The van der Waals surface area contributed by atoms with E-state index in [-0.39, 0.29) is 41.5 Å². The maximum atomic E-state index is 13.5. The van der Waals surface area contributed by atoms with Crippen LogP contribution in [0, 0.1) is 29.6 Å². The fourth-order valence-electron chi connectivity index (χ4n) is 4.21. The van der Waals surface area contributed by atoms with Crippen LogP contribution in [0.25, 0.3) is 0 Å². The van der Waals surface area contributed by atoms with Crippen LogP contribution in [-0.4, -0.2) is 67.5 Å². The van der Waals surface area contributed by atoms with Gasteiger partial charge in [-0.15, -0.1) is 0 Å². The molecule has 0 aromatic heterocycles. The molecule has 0 bridgehead atoms. The Bertz CT molecular complexity index is 1040. The van der Waals surface area contributed by atoms with Crippen LogP contribution in [0.5, 0.6) is 5.75 Å². The fourth-order valence-corrected chi connectivity index (χ4v) is 6.03. The number of rotatable bonds is 6. The Hall–Kier alpha value is -2.08. The van der Waals surface area contributed by atoms with Crippen molar-refractivity contribution in [1.29, 1.82) is 0 Å². The molecular weight excluding hydrogens is 452 g/mol. The molecule has 1 aromatic rings. The highest BCUT2D eigenvalue weighted by Crippen LogP contribution is 2.34. The third-order valence-corrected chi connectivity index (χ3v) is 8.71. The molecule has 2 aliphatic rings. The minimum atomic E-state index is -3.89. The summed E-state index contributed by atoms with van der Waals surface area (Å²) < 4.78 is 34.8. The number of sulfonamides is 1. The molecule has 0 saturated heterocycles. The Morgan fingerprint density at radius 1 is 1.29 bits per heavy atom. The Morgan fingerprint density at radius 2 is 2.00 bits per heavy atom. The first kappa shape index (κ1) is 26.5. The topological polar surface area (TPSA) is 87.2 Å². The summed E-state index contributed by atoms with van der Waals surface area (Å²) in [4.78, 5) is 14.5. The van der Waals surface area contributed by atoms with Crippen molar-refractivity contribution in [2.45, 2.75) is 70.4 Å². The van der Waals surface area contributed by atoms with Gasteiger partial charge in [0, 0.05) is 43.5 Å². The average molecular weight is 491 g/mol. The highest BCUT2D eigenvalue weighted by molar-refractivity contribution is 7.89. The summed E-state index contributed by atoms with van der Waals surface area (Å²) in [6, 6.07) is 4.33. The van der Waals surface area contributed by atoms with Crippen LogP contribution >= 0.6 is 0 Å². The zero-order chi connectivity index (χ0) is 25.0. The van der Waals surface area contributed by atoms with Crippen LogP contribution in [0.15, 0.2) is 23.1 Å². The van der Waals surface area contributed by atoms with Gasteiger partial charge in [0.2, 0.25) is 15.9 Å². The molecular formula is C26H38N2O5S. The smallest absolute Gasteiger partial charge is 0.247 e. The number of aliphatic hydroxyl groups is 1. The molecule has 8 heteroatoms. The van der Waals surface area contributed by atoms with E-state index in [2.05, 4.69) is 25.7 Å². The SMILES string of the molecule is CC(C)CC#Cc1ccc2c(c1)O[C@H](CN(C)C(=O)C1CCC1)[C@@H](C)CN([C@@H](C)CO)S2(=O)=O. The molecule has 3 atom stereocenters. The number of hydrogen-bond donors (Lipinski definition) is 1. The van der Waals surface area contributed by atoms with Crippen LogP contribution in [0.1, 0.15) is 58.9 Å². The summed E-state index contributed by atoms with van der Waals surface area (Å²) in [5.74, 6) is 6.92. The predicted octanol–water partition coefficient (Wildman–Crippen LogP) is 3.11. The number of carbonyl (C=O) groups excluding carboxylic acids is 1. The van der Waals surface area contributed by atoms with Crippen molar-refractivity contribution >= 4 is 15.9 Å². The molecule has 188 valence electrons. The van der Waals surface area contributed by atoms with E-state index in [0.717, 1.165) is 25.7 Å². The Morgan fingerprint density at radius 3 is 2.59 bits per heavy atom. The molecule has 0 spiro atoms. The number of benzene rings is 1. The first-order chi connectivity index (χ1) is 16.0. The summed E-state index contributed by atoms with van der Waals surface area (Å²) in [5, 5.41) is 9.77. The van der Waals surface area contributed by atoms with E-state index in [1.165, 1.54) is 10.4 Å². The Balaban J connectivity index is 1.98. The number of fused-ring (bicyclic) bond motifs is 1. The van der Waals surface area contributed by atoms with E-state index in [1.807, 2.05) is 6.92 Å². The Kier molecular flexibility index (Phi) is 8.66. The van der Waals surface area contributed by atoms with Gasteiger partial charge in [0.25, 0.3) is 0 Å². The number of ether oxygens (including phenoxy) is 1. The van der Waals surface area contributed by atoms with Crippen LogP contribution in [0.2, 0.25) is 0 Å². The molecule has 34 heavy (non-hydrogen) atoms. The van der Waals surface area contributed by atoms with E-state index in [0.29, 0.717) is 18.0 Å². The number of hydrogen-bond acceptors (Lipinski definition) is 5. The van der Waals surface area contributed by atoms with Crippen LogP contribution < -0.4 is 4.74 Å². The van der Waals surface area contributed by atoms with Gasteiger partial charge >= 0.3 is 0 Å².